The van der Waals surface area contributed by atoms with Gasteiger partial charge >= 0.3 is 5.97 Å². The lowest BCUT2D eigenvalue weighted by molar-refractivity contribution is -0.151. The van der Waals surface area contributed by atoms with Crippen molar-refractivity contribution < 1.29 is 24.5 Å². The number of allylic oxidation sites excluding steroid dienone is 12. The summed E-state index contributed by atoms with van der Waals surface area (Å²) in [6.45, 7) is 6.29. The van der Waals surface area contributed by atoms with E-state index in [1.54, 1.807) is 0 Å². The molecule has 0 aliphatic carbocycles. The molecule has 3 N–H and O–H groups in total. The average molecular weight is 810 g/mol. The van der Waals surface area contributed by atoms with Gasteiger partial charge in [-0.25, -0.2) is 0 Å². The predicted octanol–water partition coefficient (Wildman–Crippen LogP) is 14.2. The minimum absolute atomic E-state index is 0.0323. The number of aliphatic hydroxyl groups excluding tert-OH is 2. The van der Waals surface area contributed by atoms with Crippen LogP contribution in [-0.4, -0.2) is 46.9 Å². The van der Waals surface area contributed by atoms with Crippen LogP contribution in [0.1, 0.15) is 220 Å². The van der Waals surface area contributed by atoms with E-state index in [0.717, 1.165) is 83.5 Å². The van der Waals surface area contributed by atoms with Crippen LogP contribution in [0.15, 0.2) is 72.9 Å². The molecule has 6 nitrogen and oxygen atoms in total. The molecular formula is C52H91NO5. The van der Waals surface area contributed by atoms with E-state index < -0.39 is 18.2 Å². The lowest BCUT2D eigenvalue weighted by Gasteiger charge is -2.24. The highest BCUT2D eigenvalue weighted by atomic mass is 16.5. The molecule has 0 saturated heterocycles. The molecule has 0 radical (unpaired) electrons. The van der Waals surface area contributed by atoms with E-state index in [4.69, 9.17) is 4.74 Å². The topological polar surface area (TPSA) is 95.9 Å². The van der Waals surface area contributed by atoms with E-state index in [9.17, 15) is 19.8 Å². The number of nitrogens with one attached hydrogen (secondary N) is 1. The minimum atomic E-state index is -0.805. The van der Waals surface area contributed by atoms with Crippen molar-refractivity contribution in [2.45, 2.75) is 238 Å². The monoisotopic (exact) mass is 810 g/mol. The number of esters is 1. The summed E-state index contributed by atoms with van der Waals surface area (Å²) in [5.74, 6) is -0.547. The summed E-state index contributed by atoms with van der Waals surface area (Å²) in [5.41, 5.74) is 0. The molecule has 1 amide bonds. The van der Waals surface area contributed by atoms with Crippen molar-refractivity contribution in [1.82, 2.24) is 5.32 Å². The van der Waals surface area contributed by atoms with Crippen LogP contribution in [-0.2, 0) is 14.3 Å². The fourth-order valence-electron chi connectivity index (χ4n) is 6.89. The fraction of sp³-hybridized carbons (Fsp3) is 0.731. The summed E-state index contributed by atoms with van der Waals surface area (Å²) in [7, 11) is 0. The highest BCUT2D eigenvalue weighted by Gasteiger charge is 2.24. The molecular weight excluding hydrogens is 719 g/mol. The maximum absolute atomic E-state index is 13.1. The zero-order valence-electron chi connectivity index (χ0n) is 37.9. The second kappa shape index (κ2) is 45.4. The maximum atomic E-state index is 13.1. The molecule has 58 heavy (non-hydrogen) atoms. The van der Waals surface area contributed by atoms with Crippen LogP contribution in [0.3, 0.4) is 0 Å². The fourth-order valence-corrected chi connectivity index (χ4v) is 6.89. The van der Waals surface area contributed by atoms with Gasteiger partial charge in [0.1, 0.15) is 6.10 Å². The van der Waals surface area contributed by atoms with Crippen LogP contribution in [0.4, 0.5) is 0 Å². The van der Waals surface area contributed by atoms with E-state index in [2.05, 4.69) is 99.0 Å². The van der Waals surface area contributed by atoms with Crippen LogP contribution in [0.25, 0.3) is 0 Å². The highest BCUT2D eigenvalue weighted by molar-refractivity contribution is 5.77. The number of rotatable bonds is 42. The number of hydrogen-bond acceptors (Lipinski definition) is 5. The van der Waals surface area contributed by atoms with Crippen LogP contribution in [0.5, 0.6) is 0 Å². The summed E-state index contributed by atoms with van der Waals surface area (Å²) >= 11 is 0. The van der Waals surface area contributed by atoms with Crippen molar-refractivity contribution >= 4 is 11.9 Å². The summed E-state index contributed by atoms with van der Waals surface area (Å²) in [4.78, 5) is 26.0. The Morgan fingerprint density at radius 1 is 0.534 bits per heavy atom. The third kappa shape index (κ3) is 40.1. The van der Waals surface area contributed by atoms with Gasteiger partial charge < -0.3 is 20.3 Å². The smallest absolute Gasteiger partial charge is 0.306 e. The first-order chi connectivity index (χ1) is 28.5. The number of ether oxygens (including phenoxy) is 1. The van der Waals surface area contributed by atoms with Crippen molar-refractivity contribution in [2.75, 3.05) is 6.61 Å². The van der Waals surface area contributed by atoms with Crippen LogP contribution in [0, 0.1) is 0 Å². The van der Waals surface area contributed by atoms with Gasteiger partial charge in [0, 0.05) is 6.42 Å². The lowest BCUT2D eigenvalue weighted by atomic mass is 10.0. The molecule has 334 valence electrons. The molecule has 0 saturated carbocycles. The molecule has 0 aromatic carbocycles. The van der Waals surface area contributed by atoms with E-state index >= 15 is 0 Å². The summed E-state index contributed by atoms with van der Waals surface area (Å²) in [6.07, 6.45) is 56.7. The molecule has 0 aliphatic rings. The standard InChI is InChI=1S/C52H91NO5/c1-4-7-10-13-16-19-22-24-26-28-30-33-36-39-42-45-52(57)58-48(43-40-37-34-31-29-27-25-23-20-17-14-11-8-5-2)46-51(56)53-49(47-54)50(55)44-41-38-35-32-21-18-15-12-9-6-3/h8,11,16-17,19-20,22,24-25,27,31,34,48-50,54-55H,4-7,9-10,12-15,18,21,23,26,28-30,32-33,35-47H2,1-3H3,(H,53,56)/b11-8+,19-16+,20-17+,24-22+,27-25+,34-31+. The molecule has 0 aromatic heterocycles. The maximum Gasteiger partial charge on any atom is 0.306 e. The van der Waals surface area contributed by atoms with Crippen molar-refractivity contribution in [1.29, 1.82) is 0 Å². The Morgan fingerprint density at radius 3 is 1.57 bits per heavy atom. The molecule has 0 heterocycles. The number of aliphatic hydroxyl groups is 2. The van der Waals surface area contributed by atoms with Gasteiger partial charge in [0.25, 0.3) is 0 Å². The van der Waals surface area contributed by atoms with Gasteiger partial charge in [0.2, 0.25) is 5.91 Å². The van der Waals surface area contributed by atoms with E-state index in [1.165, 1.54) is 89.9 Å². The summed E-state index contributed by atoms with van der Waals surface area (Å²) in [5, 5.41) is 23.6. The normalized spacial score (nSPS) is 13.9. The molecule has 3 unspecified atom stereocenters. The number of carbonyl (C=O) groups excluding carboxylic acids is 2. The Balaban J connectivity index is 4.72. The average Bonchev–Trinajstić information content (AvgIpc) is 3.22. The number of carbonyl (C=O) groups is 2. The van der Waals surface area contributed by atoms with Crippen LogP contribution < -0.4 is 5.32 Å². The molecule has 0 spiro atoms. The SMILES string of the molecule is CC/C=C/C/C=C/C/C=C/C/C=C/CCCC(CC(=O)NC(CO)C(O)CCCCCCCCCCCC)OC(=O)CCCCCCCC/C=C/C=C/CCCCC. The van der Waals surface area contributed by atoms with Crippen LogP contribution in [0.2, 0.25) is 0 Å². The Morgan fingerprint density at radius 2 is 1.00 bits per heavy atom. The third-order valence-corrected chi connectivity index (χ3v) is 10.5. The Labute approximate surface area is 358 Å². The molecule has 0 fully saturated rings. The Kier molecular flexibility index (Phi) is 43.3. The second-order valence-corrected chi connectivity index (χ2v) is 16.2. The van der Waals surface area contributed by atoms with Crippen molar-refractivity contribution in [3.8, 4) is 0 Å². The first-order valence-corrected chi connectivity index (χ1v) is 24.2. The third-order valence-electron chi connectivity index (χ3n) is 10.5. The van der Waals surface area contributed by atoms with Gasteiger partial charge in [0.05, 0.1) is 25.2 Å². The first-order valence-electron chi connectivity index (χ1n) is 24.2. The van der Waals surface area contributed by atoms with E-state index in [1.807, 2.05) is 0 Å². The van der Waals surface area contributed by atoms with Gasteiger partial charge in [-0.1, -0.05) is 196 Å². The zero-order valence-corrected chi connectivity index (χ0v) is 37.9. The van der Waals surface area contributed by atoms with Gasteiger partial charge in [-0.15, -0.1) is 0 Å². The Bertz CT molecular complexity index is 1090. The van der Waals surface area contributed by atoms with E-state index in [-0.39, 0.29) is 24.9 Å². The summed E-state index contributed by atoms with van der Waals surface area (Å²) in [6, 6.07) is -0.722. The second-order valence-electron chi connectivity index (χ2n) is 16.2. The van der Waals surface area contributed by atoms with Crippen LogP contribution >= 0.6 is 0 Å². The van der Waals surface area contributed by atoms with Gasteiger partial charge in [-0.2, -0.15) is 0 Å². The molecule has 3 atom stereocenters. The Hall–Kier alpha value is -2.70. The number of unbranched alkanes of at least 4 members (excludes halogenated alkanes) is 19. The van der Waals surface area contributed by atoms with Gasteiger partial charge in [-0.3, -0.25) is 9.59 Å². The molecule has 0 aliphatic heterocycles. The zero-order chi connectivity index (χ0) is 42.4. The van der Waals surface area contributed by atoms with E-state index in [0.29, 0.717) is 19.3 Å². The predicted molar refractivity (Wildman–Crippen MR) is 250 cm³/mol. The lowest BCUT2D eigenvalue weighted by Crippen LogP contribution is -2.46. The van der Waals surface area contributed by atoms with Gasteiger partial charge in [0.15, 0.2) is 0 Å². The quantitative estimate of drug-likeness (QED) is 0.0247. The largest absolute Gasteiger partial charge is 0.462 e. The molecule has 0 aromatic rings. The highest BCUT2D eigenvalue weighted by Crippen LogP contribution is 2.16. The number of hydrogen-bond donors (Lipinski definition) is 3. The van der Waals surface area contributed by atoms with Crippen molar-refractivity contribution in [2.24, 2.45) is 0 Å². The van der Waals surface area contributed by atoms with Crippen molar-refractivity contribution in [3.05, 3.63) is 72.9 Å². The molecule has 0 bridgehead atoms. The minimum Gasteiger partial charge on any atom is -0.462 e. The molecule has 6 heteroatoms. The van der Waals surface area contributed by atoms with Gasteiger partial charge in [-0.05, 0) is 83.5 Å². The molecule has 0 rings (SSSR count). The summed E-state index contributed by atoms with van der Waals surface area (Å²) < 4.78 is 5.88. The van der Waals surface area contributed by atoms with Crippen molar-refractivity contribution in [3.63, 3.8) is 0 Å². The first kappa shape index (κ1) is 55.3. The number of amides is 1.